The lowest BCUT2D eigenvalue weighted by Crippen LogP contribution is -2.28. The molecule has 0 unspecified atom stereocenters. The van der Waals surface area contributed by atoms with Crippen molar-refractivity contribution in [2.24, 2.45) is 5.92 Å². The summed E-state index contributed by atoms with van der Waals surface area (Å²) in [6.45, 7) is 3.68. The first kappa shape index (κ1) is 15.2. The van der Waals surface area contributed by atoms with Crippen molar-refractivity contribution in [2.75, 3.05) is 25.0 Å². The second-order valence-corrected chi connectivity index (χ2v) is 5.36. The predicted octanol–water partition coefficient (Wildman–Crippen LogP) is 3.66. The van der Waals surface area contributed by atoms with Crippen LogP contribution in [0.25, 0.3) is 0 Å². The van der Waals surface area contributed by atoms with Gasteiger partial charge < -0.3 is 10.2 Å². The molecule has 1 N–H and O–H groups in total. The Kier molecular flexibility index (Phi) is 4.58. The van der Waals surface area contributed by atoms with Crippen LogP contribution in [0.3, 0.4) is 0 Å². The Bertz CT molecular complexity index is 453. The van der Waals surface area contributed by atoms with Gasteiger partial charge in [0.25, 0.3) is 0 Å². The van der Waals surface area contributed by atoms with E-state index in [1.807, 2.05) is 11.8 Å². The van der Waals surface area contributed by atoms with E-state index in [1.165, 1.54) is 6.07 Å². The third-order valence-corrected chi connectivity index (χ3v) is 3.65. The largest absolute Gasteiger partial charge is 0.418 e. The first-order valence-corrected chi connectivity index (χ1v) is 7.05. The zero-order valence-electron chi connectivity index (χ0n) is 11.9. The first-order chi connectivity index (χ1) is 9.45. The molecule has 0 aliphatic heterocycles. The van der Waals surface area contributed by atoms with E-state index in [-0.39, 0.29) is 0 Å². The van der Waals surface area contributed by atoms with Gasteiger partial charge in [-0.05, 0) is 50.4 Å². The highest BCUT2D eigenvalue weighted by Gasteiger charge is 2.36. The van der Waals surface area contributed by atoms with Crippen LogP contribution in [0.5, 0.6) is 0 Å². The van der Waals surface area contributed by atoms with E-state index >= 15 is 0 Å². The standard InChI is InChI=1S/C15H21F3N2/c1-3-20(10-11-4-5-11)14-7-6-12(9-19-2)8-13(14)15(16,17)18/h6-8,11,19H,3-5,9-10H2,1-2H3. The first-order valence-electron chi connectivity index (χ1n) is 7.05. The molecule has 2 nitrogen and oxygen atoms in total. The molecular formula is C15H21F3N2. The average Bonchev–Trinajstić information content (AvgIpc) is 3.19. The Morgan fingerprint density at radius 2 is 2.00 bits per heavy atom. The maximum Gasteiger partial charge on any atom is 0.418 e. The summed E-state index contributed by atoms with van der Waals surface area (Å²) >= 11 is 0. The minimum absolute atomic E-state index is 0.312. The van der Waals surface area contributed by atoms with Crippen molar-refractivity contribution in [3.05, 3.63) is 29.3 Å². The van der Waals surface area contributed by atoms with Gasteiger partial charge in [0.15, 0.2) is 0 Å². The molecule has 0 aromatic heterocycles. The van der Waals surface area contributed by atoms with Crippen LogP contribution in [0.2, 0.25) is 0 Å². The van der Waals surface area contributed by atoms with Crippen molar-refractivity contribution in [3.8, 4) is 0 Å². The van der Waals surface area contributed by atoms with Gasteiger partial charge in [0.2, 0.25) is 0 Å². The number of anilines is 1. The van der Waals surface area contributed by atoms with Crippen molar-refractivity contribution in [1.82, 2.24) is 5.32 Å². The summed E-state index contributed by atoms with van der Waals surface area (Å²) in [5.74, 6) is 0.563. The summed E-state index contributed by atoms with van der Waals surface area (Å²) in [5, 5.41) is 2.89. The van der Waals surface area contributed by atoms with Gasteiger partial charge in [-0.3, -0.25) is 0 Å². The van der Waals surface area contributed by atoms with Gasteiger partial charge in [-0.25, -0.2) is 0 Å². The molecule has 0 radical (unpaired) electrons. The monoisotopic (exact) mass is 286 g/mol. The fraction of sp³-hybridized carbons (Fsp3) is 0.600. The van der Waals surface area contributed by atoms with Crippen molar-refractivity contribution in [3.63, 3.8) is 0 Å². The van der Waals surface area contributed by atoms with Gasteiger partial charge in [0.05, 0.1) is 5.56 Å². The number of halogens is 3. The van der Waals surface area contributed by atoms with Crippen LogP contribution >= 0.6 is 0 Å². The molecule has 5 heteroatoms. The molecule has 0 amide bonds. The fourth-order valence-electron chi connectivity index (χ4n) is 2.41. The van der Waals surface area contributed by atoms with Crippen molar-refractivity contribution in [2.45, 2.75) is 32.5 Å². The maximum absolute atomic E-state index is 13.3. The summed E-state index contributed by atoms with van der Waals surface area (Å²) in [6, 6.07) is 4.65. The van der Waals surface area contributed by atoms with Crippen LogP contribution in [0.15, 0.2) is 18.2 Å². The van der Waals surface area contributed by atoms with Crippen LogP contribution in [0.1, 0.15) is 30.9 Å². The molecular weight excluding hydrogens is 265 g/mol. The highest BCUT2D eigenvalue weighted by Crippen LogP contribution is 2.39. The second kappa shape index (κ2) is 6.04. The Labute approximate surface area is 118 Å². The van der Waals surface area contributed by atoms with Gasteiger partial charge in [0, 0.05) is 25.3 Å². The molecule has 112 valence electrons. The topological polar surface area (TPSA) is 15.3 Å². The van der Waals surface area contributed by atoms with Crippen LogP contribution in [-0.2, 0) is 12.7 Å². The van der Waals surface area contributed by atoms with Crippen molar-refractivity contribution < 1.29 is 13.2 Å². The molecule has 1 aliphatic carbocycles. The van der Waals surface area contributed by atoms with Crippen molar-refractivity contribution in [1.29, 1.82) is 0 Å². The minimum atomic E-state index is -4.31. The average molecular weight is 286 g/mol. The van der Waals surface area contributed by atoms with E-state index in [0.717, 1.165) is 19.4 Å². The lowest BCUT2D eigenvalue weighted by Gasteiger charge is -2.27. The third-order valence-electron chi connectivity index (χ3n) is 3.65. The molecule has 1 aliphatic rings. The third kappa shape index (κ3) is 3.66. The quantitative estimate of drug-likeness (QED) is 0.858. The van der Waals surface area contributed by atoms with E-state index in [4.69, 9.17) is 0 Å². The summed E-state index contributed by atoms with van der Waals surface area (Å²) in [6.07, 6.45) is -2.04. The normalized spacial score (nSPS) is 15.4. The Balaban J connectivity index is 2.33. The number of rotatable bonds is 6. The molecule has 0 heterocycles. The number of nitrogens with one attached hydrogen (secondary N) is 1. The highest BCUT2D eigenvalue weighted by atomic mass is 19.4. The Hall–Kier alpha value is -1.23. The Morgan fingerprint density at radius 3 is 2.50 bits per heavy atom. The van der Waals surface area contributed by atoms with Crippen LogP contribution in [0, 0.1) is 5.92 Å². The van der Waals surface area contributed by atoms with Crippen LogP contribution < -0.4 is 10.2 Å². The predicted molar refractivity (Wildman–Crippen MR) is 74.8 cm³/mol. The molecule has 20 heavy (non-hydrogen) atoms. The number of benzene rings is 1. The maximum atomic E-state index is 13.3. The molecule has 1 aromatic carbocycles. The van der Waals surface area contributed by atoms with E-state index in [2.05, 4.69) is 5.32 Å². The van der Waals surface area contributed by atoms with E-state index in [0.29, 0.717) is 30.3 Å². The SMILES string of the molecule is CCN(CC1CC1)c1ccc(CNC)cc1C(F)(F)F. The number of alkyl halides is 3. The zero-order valence-corrected chi connectivity index (χ0v) is 11.9. The highest BCUT2D eigenvalue weighted by molar-refractivity contribution is 5.56. The molecule has 2 rings (SSSR count). The molecule has 0 spiro atoms. The smallest absolute Gasteiger partial charge is 0.371 e. The fourth-order valence-corrected chi connectivity index (χ4v) is 2.41. The molecule has 0 bridgehead atoms. The molecule has 0 atom stereocenters. The summed E-state index contributed by atoms with van der Waals surface area (Å²) in [7, 11) is 1.73. The molecule has 0 saturated heterocycles. The van der Waals surface area contributed by atoms with Gasteiger partial charge in [-0.15, -0.1) is 0 Å². The van der Waals surface area contributed by atoms with E-state index in [9.17, 15) is 13.2 Å². The molecule has 1 saturated carbocycles. The van der Waals surface area contributed by atoms with Gasteiger partial charge in [-0.2, -0.15) is 13.2 Å². The van der Waals surface area contributed by atoms with Gasteiger partial charge >= 0.3 is 6.18 Å². The summed E-state index contributed by atoms with van der Waals surface area (Å²) in [5.41, 5.74) is 0.450. The molecule has 1 fully saturated rings. The summed E-state index contributed by atoms with van der Waals surface area (Å²) in [4.78, 5) is 1.85. The Morgan fingerprint density at radius 1 is 1.30 bits per heavy atom. The van der Waals surface area contributed by atoms with Crippen molar-refractivity contribution >= 4 is 5.69 Å². The summed E-state index contributed by atoms with van der Waals surface area (Å²) < 4.78 is 39.8. The van der Waals surface area contributed by atoms with E-state index in [1.54, 1.807) is 19.2 Å². The zero-order chi connectivity index (χ0) is 14.8. The molecule has 1 aromatic rings. The number of nitrogens with zero attached hydrogens (tertiary/aromatic N) is 1. The number of hydrogen-bond acceptors (Lipinski definition) is 2. The lowest BCUT2D eigenvalue weighted by molar-refractivity contribution is -0.137. The van der Waals surface area contributed by atoms with Crippen LogP contribution in [-0.4, -0.2) is 20.1 Å². The lowest BCUT2D eigenvalue weighted by atomic mass is 10.1. The van der Waals surface area contributed by atoms with Crippen LogP contribution in [0.4, 0.5) is 18.9 Å². The van der Waals surface area contributed by atoms with Gasteiger partial charge in [-0.1, -0.05) is 6.07 Å². The number of hydrogen-bond donors (Lipinski definition) is 1. The van der Waals surface area contributed by atoms with Gasteiger partial charge in [0.1, 0.15) is 0 Å². The van der Waals surface area contributed by atoms with E-state index < -0.39 is 11.7 Å². The second-order valence-electron chi connectivity index (χ2n) is 5.36. The minimum Gasteiger partial charge on any atom is -0.371 e.